The average molecular weight is 1680 g/mol. The molecule has 0 unspecified atom stereocenters. The summed E-state index contributed by atoms with van der Waals surface area (Å²) in [6, 6.07) is 60.0. The van der Waals surface area contributed by atoms with Crippen LogP contribution in [0, 0.1) is 37.7 Å². The molecule has 5 N–H and O–H groups in total. The van der Waals surface area contributed by atoms with Gasteiger partial charge >= 0.3 is 0 Å². The van der Waals surface area contributed by atoms with Crippen molar-refractivity contribution in [1.29, 1.82) is 0 Å². The molecule has 0 fully saturated rings. The van der Waals surface area contributed by atoms with E-state index in [0.717, 1.165) is 84.5 Å². The van der Waals surface area contributed by atoms with Gasteiger partial charge in [0.1, 0.15) is 81.2 Å². The second-order valence-corrected chi connectivity index (χ2v) is 26.2. The van der Waals surface area contributed by atoms with Gasteiger partial charge in [-0.3, -0.25) is 4.79 Å². The summed E-state index contributed by atoms with van der Waals surface area (Å²) in [5.74, 6) is 2.78. The van der Waals surface area contributed by atoms with Crippen molar-refractivity contribution < 1.29 is 66.0 Å². The van der Waals surface area contributed by atoms with E-state index in [-0.39, 0.29) is 60.1 Å². The molecule has 17 aromatic rings. The molecule has 0 saturated carbocycles. The number of aryl methyl sites for hydroxylation is 5. The first-order valence-corrected chi connectivity index (χ1v) is 36.4. The van der Waals surface area contributed by atoms with Crippen LogP contribution >= 0.6 is 58.0 Å². The number of imidazole rings is 6. The van der Waals surface area contributed by atoms with Crippen molar-refractivity contribution in [2.45, 2.75) is 33.0 Å². The van der Waals surface area contributed by atoms with Gasteiger partial charge in [0.05, 0.1) is 66.3 Å². The Morgan fingerprint density at radius 3 is 1.20 bits per heavy atom. The number of ether oxygens (including phenoxy) is 5. The number of halogens is 5. The van der Waals surface area contributed by atoms with Crippen LogP contribution in [0.5, 0.6) is 29.4 Å². The summed E-state index contributed by atoms with van der Waals surface area (Å²) >= 11 is 29.9. The number of anilines is 1. The predicted molar refractivity (Wildman–Crippen MR) is 475 cm³/mol. The molecule has 0 aliphatic rings. The van der Waals surface area contributed by atoms with Gasteiger partial charge in [0.25, 0.3) is 11.4 Å². The second-order valence-electron chi connectivity index (χ2n) is 24.3. The van der Waals surface area contributed by atoms with Crippen molar-refractivity contribution in [3.05, 3.63) is 290 Å². The molecule has 0 atom stereocenters. The van der Waals surface area contributed by atoms with Crippen LogP contribution in [0.2, 0.25) is 25.8 Å². The summed E-state index contributed by atoms with van der Waals surface area (Å²) in [5, 5.41) is 1.98. The van der Waals surface area contributed by atoms with Crippen LogP contribution in [-0.4, -0.2) is 167 Å². The van der Waals surface area contributed by atoms with E-state index in [4.69, 9.17) is 87.4 Å². The van der Waals surface area contributed by atoms with E-state index in [1.54, 1.807) is 73.6 Å². The molecule has 17 rings (SSSR count). The van der Waals surface area contributed by atoms with Gasteiger partial charge in [-0.05, 0) is 27.8 Å². The summed E-state index contributed by atoms with van der Waals surface area (Å²) < 4.78 is 37.9. The summed E-state index contributed by atoms with van der Waals surface area (Å²) in [7, 11) is 41.4. The number of nitrogens with zero attached hydrogens (tertiary/aromatic N) is 15. The SMILES string of the molecule is C[n+]1c[nH]c2c(OCc3ccccc3)nc(Cl)cc21.Clc1cc2[nH]cnc2c(OCc2ccccc2)n1.Cn1cnc2c(OCc3ccccc3)nc(Cl)cc21.Cn1cnc2cc(Cl)nc(OCc3ccccc3)c21.Cn1cnc2cc(Cl)nc(OCc3ccccc3)c21.Cn1cnc2cc(N)[nH]c(=O)c21.[Ar].[B].[B].[B]B([B])[B].[B][B].[B][B][B]. The van der Waals surface area contributed by atoms with Crippen LogP contribution in [0.15, 0.2) is 231 Å². The van der Waals surface area contributed by atoms with Crippen molar-refractivity contribution in [2.75, 3.05) is 5.73 Å². The molecule has 118 heavy (non-hydrogen) atoms. The zero-order valence-electron chi connectivity index (χ0n) is 64.2. The van der Waals surface area contributed by atoms with Gasteiger partial charge in [-0.25, -0.2) is 34.5 Å². The first kappa shape index (κ1) is 96.7. The minimum absolute atomic E-state index is 0. The first-order valence-electron chi connectivity index (χ1n) is 34.6. The fourth-order valence-corrected chi connectivity index (χ4v) is 11.5. The third-order valence-corrected chi connectivity index (χ3v) is 16.8. The quantitative estimate of drug-likeness (QED) is 0.0421. The standard InChI is InChI=1S/4C14H12ClN3O.C13H10ClN3O.C7H8N4O.Ar.B4.B3.B2.2B/c2*1-18-9-16-13-11(18)7-12(15)17-14(13)19-8-10-5-3-2-4-6-10;2*1-18-9-16-11-7-12(15)17-14(13(11)18)19-8-10-5-3-2-4-6-10;14-11-6-10-12(16-8-15-10)13(17-11)18-7-9-4-2-1-3-5-9;1-11-3-9-4-2-5(8)10-7(12)6(4)11;;1-4(2)3;1-3-2;1-2;;/h4*2-7,9H,8H2,1H3;1-6,8H,7H2,(H,15,16);2-3H,1H3,(H3,8,10,12);;;;;;/p+1. The Morgan fingerprint density at radius 2 is 0.780 bits per heavy atom. The normalized spacial score (nSPS) is 10.1. The van der Waals surface area contributed by atoms with Crippen molar-refractivity contribution in [3.8, 4) is 29.4 Å². The van der Waals surface area contributed by atoms with Crippen molar-refractivity contribution in [1.82, 2.24) is 83.1 Å². The molecule has 0 saturated heterocycles. The Hall–Kier alpha value is -10.2. The molecule has 0 aliphatic heterocycles. The number of hydrogen-bond acceptors (Lipinski definition) is 17. The molecule has 21 radical (unpaired) electrons. The van der Waals surface area contributed by atoms with Crippen molar-refractivity contribution >= 4 is 214 Å². The fraction of sp³-hybridized carbons (Fsp3) is 0.132. The third kappa shape index (κ3) is 28.6. The predicted octanol–water partition coefficient (Wildman–Crippen LogP) is 11.1. The maximum absolute atomic E-state index is 11.3. The molecule has 5 aromatic carbocycles. The largest absolute Gasteiger partial charge is 0.471 e. The van der Waals surface area contributed by atoms with Crippen molar-refractivity contribution in [3.63, 3.8) is 0 Å². The number of nitrogens with two attached hydrogens (primary N) is 1. The molecule has 0 bridgehead atoms. The monoisotopic (exact) mass is 1680 g/mol. The summed E-state index contributed by atoms with van der Waals surface area (Å²) in [4.78, 5) is 61.9. The van der Waals surface area contributed by atoms with E-state index >= 15 is 0 Å². The fourth-order valence-electron chi connectivity index (χ4n) is 10.6. The minimum Gasteiger partial charge on any atom is -0.471 e. The number of rotatable bonds is 15. The van der Waals surface area contributed by atoms with Crippen LogP contribution in [-0.2, 0) is 68.3 Å². The van der Waals surface area contributed by atoms with E-state index < -0.39 is 6.39 Å². The number of pyridine rings is 6. The van der Waals surface area contributed by atoms with Gasteiger partial charge in [0.2, 0.25) is 35.4 Å². The Labute approximate surface area is 750 Å². The number of fused-ring (bicyclic) bond motifs is 6. The number of nitrogen functional groups attached to an aromatic ring is 1. The van der Waals surface area contributed by atoms with Crippen LogP contribution in [0.25, 0.3) is 66.2 Å². The molecule has 12 aromatic heterocycles. The zero-order valence-corrected chi connectivity index (χ0v) is 68.7. The maximum atomic E-state index is 11.3. The Morgan fingerprint density at radius 1 is 0.449 bits per heavy atom. The van der Waals surface area contributed by atoms with Gasteiger partial charge in [-0.2, -0.15) is 24.9 Å². The van der Waals surface area contributed by atoms with E-state index in [9.17, 15) is 4.79 Å². The van der Waals surface area contributed by atoms with Crippen LogP contribution in [0.1, 0.15) is 27.8 Å². The van der Waals surface area contributed by atoms with E-state index in [1.165, 1.54) is 0 Å². The van der Waals surface area contributed by atoms with E-state index in [1.807, 2.05) is 211 Å². The van der Waals surface area contributed by atoms with E-state index in [2.05, 4.69) is 119 Å². The molecule has 25 nitrogen and oxygen atoms in total. The molecule has 42 heteroatoms. The molecule has 577 valence electrons. The van der Waals surface area contributed by atoms with Crippen LogP contribution < -0.4 is 39.5 Å². The summed E-state index contributed by atoms with van der Waals surface area (Å²) in [6.45, 7) is 2.25. The Bertz CT molecular complexity index is 5710. The number of aromatic amines is 3. The van der Waals surface area contributed by atoms with E-state index in [0.29, 0.717) is 111 Å². The summed E-state index contributed by atoms with van der Waals surface area (Å²) in [6.07, 6.45) is 9.52. The van der Waals surface area contributed by atoms with Gasteiger partial charge in [-0.15, -0.1) is 0 Å². The second kappa shape index (κ2) is 49.3. The van der Waals surface area contributed by atoms with Crippen LogP contribution in [0.4, 0.5) is 5.82 Å². The number of aromatic nitrogens is 18. The van der Waals surface area contributed by atoms with Gasteiger partial charge in [0.15, 0.2) is 16.6 Å². The van der Waals surface area contributed by atoms with Gasteiger partial charge in [-0.1, -0.05) is 210 Å². The molecule has 0 spiro atoms. The Balaban J connectivity index is 0.000000215. The minimum atomic E-state index is -0.667. The van der Waals surface area contributed by atoms with Gasteiger partial charge < -0.3 is 57.7 Å². The summed E-state index contributed by atoms with van der Waals surface area (Å²) in [5.41, 5.74) is 20.0. The smallest absolute Gasteiger partial charge is 0.275 e. The number of nitrogens with one attached hydrogen (secondary N) is 3. The van der Waals surface area contributed by atoms with Crippen LogP contribution in [0.3, 0.4) is 0 Å². The molecular formula is C76H67ArB11Cl5N19O6+. The Kier molecular flexibility index (Phi) is 40.4. The first-order chi connectivity index (χ1) is 55.6. The number of hydrogen-bond donors (Lipinski definition) is 4. The molecule has 0 amide bonds. The van der Waals surface area contributed by atoms with Crippen molar-refractivity contribution in [2.24, 2.45) is 35.2 Å². The zero-order chi connectivity index (χ0) is 82.3. The topological polar surface area (TPSA) is 289 Å². The molecular weight excluding hydrogens is 1610 g/mol. The third-order valence-electron chi connectivity index (χ3n) is 15.8. The van der Waals surface area contributed by atoms with Gasteiger partial charge in [0, 0.05) is 187 Å². The molecule has 12 heterocycles. The average Bonchev–Trinajstić information content (AvgIpc) is 1.68. The number of benzene rings is 5. The number of H-pyrrole nitrogens is 3. The molecule has 0 aliphatic carbocycles. The maximum Gasteiger partial charge on any atom is 0.275 e.